The lowest BCUT2D eigenvalue weighted by Gasteiger charge is -2.15. The minimum absolute atomic E-state index is 0.196. The van der Waals surface area contributed by atoms with Crippen LogP contribution in [0.5, 0.6) is 5.75 Å². The number of hydrogen-bond acceptors (Lipinski definition) is 10. The highest BCUT2D eigenvalue weighted by Crippen LogP contribution is 2.36. The van der Waals surface area contributed by atoms with Crippen LogP contribution >= 0.6 is 11.3 Å². The summed E-state index contributed by atoms with van der Waals surface area (Å²) in [5.41, 5.74) is 0.0741. The molecule has 0 saturated carbocycles. The summed E-state index contributed by atoms with van der Waals surface area (Å²) in [5.74, 6) is 0.310. The molecule has 0 saturated heterocycles. The molecule has 1 atom stereocenters. The third kappa shape index (κ3) is 3.73. The lowest BCUT2D eigenvalue weighted by Crippen LogP contribution is -2.09. The molecule has 0 bridgehead atoms. The summed E-state index contributed by atoms with van der Waals surface area (Å²) >= 11 is 1.18. The molecule has 0 radical (unpaired) electrons. The van der Waals surface area contributed by atoms with Gasteiger partial charge < -0.3 is 9.52 Å². The zero-order valence-corrected chi connectivity index (χ0v) is 15.7. The molecule has 1 aliphatic rings. The molecule has 1 aliphatic carbocycles. The first-order valence-electron chi connectivity index (χ1n) is 7.94. The molecule has 0 amide bonds. The van der Waals surface area contributed by atoms with Crippen LogP contribution in [0.25, 0.3) is 0 Å². The molecule has 0 fully saturated rings. The van der Waals surface area contributed by atoms with E-state index in [0.29, 0.717) is 29.9 Å². The smallest absolute Gasteiger partial charge is 0.367 e. The summed E-state index contributed by atoms with van der Waals surface area (Å²) < 4.78 is 30.1. The van der Waals surface area contributed by atoms with Crippen LogP contribution in [0.15, 0.2) is 23.8 Å². The van der Waals surface area contributed by atoms with Gasteiger partial charge >= 0.3 is 16.1 Å². The van der Waals surface area contributed by atoms with Gasteiger partial charge in [0.1, 0.15) is 11.8 Å². The highest BCUT2D eigenvalue weighted by Gasteiger charge is 2.22. The summed E-state index contributed by atoms with van der Waals surface area (Å²) in [5, 5.41) is 18.3. The average Bonchev–Trinajstić information content (AvgIpc) is 2.95. The van der Waals surface area contributed by atoms with Crippen molar-refractivity contribution in [2.75, 3.05) is 0 Å². The minimum Gasteiger partial charge on any atom is -0.505 e. The molecule has 9 nitrogen and oxygen atoms in total. The molecular formula is C15H16N4O5S2. The van der Waals surface area contributed by atoms with Crippen LogP contribution in [-0.4, -0.2) is 18.5 Å². The van der Waals surface area contributed by atoms with Crippen molar-refractivity contribution in [1.29, 1.82) is 0 Å². The maximum atomic E-state index is 12.1. The fourth-order valence-corrected chi connectivity index (χ4v) is 4.00. The van der Waals surface area contributed by atoms with E-state index in [9.17, 15) is 18.3 Å². The second kappa shape index (κ2) is 7.46. The normalized spacial score (nSPS) is 15.0. The molecule has 1 N–H and O–H groups in total. The lowest BCUT2D eigenvalue weighted by molar-refractivity contribution is 0.395. The second-order valence-corrected chi connectivity index (χ2v) is 7.66. The van der Waals surface area contributed by atoms with Crippen LogP contribution in [0, 0.1) is 6.92 Å². The predicted octanol–water partition coefficient (Wildman–Crippen LogP) is 3.53. The van der Waals surface area contributed by atoms with Gasteiger partial charge in [-0.1, -0.05) is 11.3 Å². The quantitative estimate of drug-likeness (QED) is 0.786. The fraction of sp³-hybridized carbons (Fsp3) is 0.467. The van der Waals surface area contributed by atoms with Crippen LogP contribution < -0.4 is 5.63 Å². The van der Waals surface area contributed by atoms with E-state index in [1.165, 1.54) is 11.3 Å². The van der Waals surface area contributed by atoms with Crippen molar-refractivity contribution >= 4 is 32.7 Å². The van der Waals surface area contributed by atoms with Gasteiger partial charge in [-0.25, -0.2) is 9.78 Å². The number of azo groups is 1. The summed E-state index contributed by atoms with van der Waals surface area (Å²) in [7, 11) is -2.54. The Hall–Kier alpha value is -2.40. The van der Waals surface area contributed by atoms with Gasteiger partial charge in [-0.2, -0.15) is 12.8 Å². The number of fused-ring (bicyclic) bond motifs is 1. The zero-order chi connectivity index (χ0) is 18.8. The standard InChI is InChI=1S/C15H16N4O5S2/c1-7(19-26(22)23)11-8(2)25-15(16-11)18-17-12-13(20)9-5-3-4-6-10(9)24-14(12)21/h7,20H,3-6H2,1-2H3. The van der Waals surface area contributed by atoms with E-state index < -0.39 is 22.2 Å². The third-order valence-electron chi connectivity index (χ3n) is 4.03. The number of rotatable bonds is 4. The first-order chi connectivity index (χ1) is 12.4. The minimum atomic E-state index is -2.54. The molecular weight excluding hydrogens is 380 g/mol. The largest absolute Gasteiger partial charge is 0.505 e. The molecule has 138 valence electrons. The van der Waals surface area contributed by atoms with Crippen molar-refractivity contribution in [3.05, 3.63) is 32.3 Å². The van der Waals surface area contributed by atoms with E-state index in [1.54, 1.807) is 13.8 Å². The first kappa shape index (κ1) is 18.4. The predicted molar refractivity (Wildman–Crippen MR) is 94.1 cm³/mol. The molecule has 26 heavy (non-hydrogen) atoms. The maximum Gasteiger partial charge on any atom is 0.367 e. The summed E-state index contributed by atoms with van der Waals surface area (Å²) in [6.45, 7) is 3.36. The summed E-state index contributed by atoms with van der Waals surface area (Å²) in [6, 6.07) is -0.643. The molecule has 2 aromatic heterocycles. The van der Waals surface area contributed by atoms with Crippen molar-refractivity contribution in [2.45, 2.75) is 45.6 Å². The number of thiazole rings is 1. The third-order valence-corrected chi connectivity index (χ3v) is 5.39. The highest BCUT2D eigenvalue weighted by molar-refractivity contribution is 7.61. The molecule has 0 aromatic carbocycles. The topological polar surface area (TPSA) is 135 Å². The van der Waals surface area contributed by atoms with Crippen LogP contribution in [0.1, 0.15) is 47.7 Å². The number of aromatic nitrogens is 1. The van der Waals surface area contributed by atoms with E-state index in [2.05, 4.69) is 19.6 Å². The number of aryl methyl sites for hydroxylation is 2. The highest BCUT2D eigenvalue weighted by atomic mass is 32.2. The Morgan fingerprint density at radius 1 is 1.27 bits per heavy atom. The molecule has 2 heterocycles. The Kier molecular flexibility index (Phi) is 5.28. The molecule has 3 rings (SSSR count). The van der Waals surface area contributed by atoms with E-state index in [1.807, 2.05) is 0 Å². The summed E-state index contributed by atoms with van der Waals surface area (Å²) in [6.07, 6.45) is 3.06. The van der Waals surface area contributed by atoms with Crippen LogP contribution in [0.2, 0.25) is 0 Å². The molecule has 0 aliphatic heterocycles. The second-order valence-electron chi connectivity index (χ2n) is 5.83. The Labute approximate surface area is 154 Å². The van der Waals surface area contributed by atoms with Crippen molar-refractivity contribution < 1.29 is 17.9 Å². The van der Waals surface area contributed by atoms with Gasteiger partial charge in [0.2, 0.25) is 10.8 Å². The fourth-order valence-electron chi connectivity index (χ4n) is 2.82. The Bertz CT molecular complexity index is 1060. The monoisotopic (exact) mass is 396 g/mol. The van der Waals surface area contributed by atoms with Gasteiger partial charge in [-0.15, -0.1) is 10.2 Å². The van der Waals surface area contributed by atoms with Crippen LogP contribution in [-0.2, 0) is 23.3 Å². The van der Waals surface area contributed by atoms with Gasteiger partial charge in [-0.3, -0.25) is 0 Å². The van der Waals surface area contributed by atoms with Crippen LogP contribution in [0.4, 0.5) is 10.8 Å². The van der Waals surface area contributed by atoms with Gasteiger partial charge in [0.15, 0.2) is 5.75 Å². The summed E-state index contributed by atoms with van der Waals surface area (Å²) in [4.78, 5) is 17.0. The molecule has 2 aromatic rings. The van der Waals surface area contributed by atoms with Gasteiger partial charge in [-0.05, 0) is 33.1 Å². The Morgan fingerprint density at radius 2 is 2.00 bits per heavy atom. The number of hydrogen-bond donors (Lipinski definition) is 1. The average molecular weight is 396 g/mol. The van der Waals surface area contributed by atoms with Crippen LogP contribution in [0.3, 0.4) is 0 Å². The number of aromatic hydroxyl groups is 1. The van der Waals surface area contributed by atoms with Crippen molar-refractivity contribution in [2.24, 2.45) is 14.6 Å². The van der Waals surface area contributed by atoms with E-state index in [-0.39, 0.29) is 16.6 Å². The van der Waals surface area contributed by atoms with Crippen molar-refractivity contribution in [3.63, 3.8) is 0 Å². The van der Waals surface area contributed by atoms with E-state index in [0.717, 1.165) is 17.7 Å². The van der Waals surface area contributed by atoms with Crippen molar-refractivity contribution in [1.82, 2.24) is 4.98 Å². The molecule has 1 unspecified atom stereocenters. The Morgan fingerprint density at radius 3 is 2.73 bits per heavy atom. The molecule has 11 heteroatoms. The first-order valence-corrected chi connectivity index (χ1v) is 9.78. The zero-order valence-electron chi connectivity index (χ0n) is 14.1. The Balaban J connectivity index is 1.94. The lowest BCUT2D eigenvalue weighted by atomic mass is 9.96. The van der Waals surface area contributed by atoms with Gasteiger partial charge in [0.25, 0.3) is 0 Å². The van der Waals surface area contributed by atoms with Gasteiger partial charge in [0.05, 0.1) is 5.69 Å². The van der Waals surface area contributed by atoms with Gasteiger partial charge in [0, 0.05) is 16.9 Å². The maximum absolute atomic E-state index is 12.1. The van der Waals surface area contributed by atoms with E-state index >= 15 is 0 Å². The SMILES string of the molecule is Cc1sc(N=Nc2c(O)c3c(oc2=O)CCCC3)nc1C(C)N=S(=O)=O. The van der Waals surface area contributed by atoms with E-state index in [4.69, 9.17) is 4.42 Å². The number of nitrogens with zero attached hydrogens (tertiary/aromatic N) is 4. The molecule has 0 spiro atoms. The van der Waals surface area contributed by atoms with Crippen molar-refractivity contribution in [3.8, 4) is 5.75 Å².